The fourth-order valence-corrected chi connectivity index (χ4v) is 2.95. The molecule has 2 N–H and O–H groups in total. The number of aromatic nitrogens is 2. The lowest BCUT2D eigenvalue weighted by atomic mass is 10.0. The first kappa shape index (κ1) is 13.9. The summed E-state index contributed by atoms with van der Waals surface area (Å²) in [5.41, 5.74) is 7.07. The van der Waals surface area contributed by atoms with Crippen LogP contribution in [0.4, 0.5) is 5.82 Å². The molecule has 1 saturated heterocycles. The molecular weight excluding hydrogens is 292 g/mol. The molecule has 0 bridgehead atoms. The highest BCUT2D eigenvalue weighted by Gasteiger charge is 2.24. The normalized spacial score (nSPS) is 18.7. The second-order valence-electron chi connectivity index (χ2n) is 5.65. The summed E-state index contributed by atoms with van der Waals surface area (Å²) in [4.78, 5) is 2.54. The molecule has 0 atom stereocenters. The number of halogens is 1. The van der Waals surface area contributed by atoms with Crippen LogP contribution in [0, 0.1) is 12.8 Å². The van der Waals surface area contributed by atoms with Crippen LogP contribution in [0.2, 0.25) is 0 Å². The summed E-state index contributed by atoms with van der Waals surface area (Å²) in [6.45, 7) is 10.0. The van der Waals surface area contributed by atoms with Gasteiger partial charge in [0.05, 0.1) is 16.2 Å². The van der Waals surface area contributed by atoms with Gasteiger partial charge in [0.1, 0.15) is 5.82 Å². The van der Waals surface area contributed by atoms with Gasteiger partial charge >= 0.3 is 0 Å². The largest absolute Gasteiger partial charge is 0.383 e. The molecule has 0 amide bonds. The Bertz CT molecular complexity index is 405. The van der Waals surface area contributed by atoms with Gasteiger partial charge in [-0.1, -0.05) is 13.8 Å². The van der Waals surface area contributed by atoms with E-state index >= 15 is 0 Å². The number of anilines is 1. The zero-order valence-electron chi connectivity index (χ0n) is 11.5. The van der Waals surface area contributed by atoms with Crippen LogP contribution >= 0.6 is 15.9 Å². The zero-order chi connectivity index (χ0) is 13.3. The van der Waals surface area contributed by atoms with Crippen LogP contribution < -0.4 is 5.73 Å². The molecule has 0 aromatic carbocycles. The molecule has 1 aromatic rings. The van der Waals surface area contributed by atoms with Crippen LogP contribution in [0.3, 0.4) is 0 Å². The average molecular weight is 315 g/mol. The van der Waals surface area contributed by atoms with E-state index in [1.54, 1.807) is 0 Å². The number of likely N-dealkylation sites (tertiary alicyclic amines) is 1. The summed E-state index contributed by atoms with van der Waals surface area (Å²) in [6, 6.07) is 0.457. The van der Waals surface area contributed by atoms with Crippen molar-refractivity contribution >= 4 is 21.7 Å². The number of hydrogen-bond donors (Lipinski definition) is 1. The van der Waals surface area contributed by atoms with Gasteiger partial charge in [0, 0.05) is 19.6 Å². The van der Waals surface area contributed by atoms with Crippen LogP contribution in [0.1, 0.15) is 38.4 Å². The Morgan fingerprint density at radius 1 is 1.39 bits per heavy atom. The third kappa shape index (κ3) is 2.88. The summed E-state index contributed by atoms with van der Waals surface area (Å²) < 4.78 is 2.96. The van der Waals surface area contributed by atoms with E-state index in [-0.39, 0.29) is 0 Å². The Balaban J connectivity index is 1.99. The smallest absolute Gasteiger partial charge is 0.136 e. The molecule has 0 aliphatic carbocycles. The molecule has 1 fully saturated rings. The number of aryl methyl sites for hydroxylation is 1. The van der Waals surface area contributed by atoms with Crippen LogP contribution in [0.5, 0.6) is 0 Å². The van der Waals surface area contributed by atoms with Gasteiger partial charge in [-0.15, -0.1) is 0 Å². The third-order valence-corrected chi connectivity index (χ3v) is 4.55. The molecule has 4 nitrogen and oxygen atoms in total. The maximum Gasteiger partial charge on any atom is 0.136 e. The lowest BCUT2D eigenvalue weighted by Gasteiger charge is -2.33. The zero-order valence-corrected chi connectivity index (χ0v) is 13.1. The molecule has 2 heterocycles. The van der Waals surface area contributed by atoms with E-state index in [0.29, 0.717) is 6.04 Å². The van der Waals surface area contributed by atoms with Gasteiger partial charge in [-0.3, -0.25) is 0 Å². The van der Waals surface area contributed by atoms with Crippen LogP contribution in [0.25, 0.3) is 0 Å². The Labute approximate surface area is 118 Å². The second-order valence-corrected chi connectivity index (χ2v) is 6.45. The SMILES string of the molecule is Cc1nn(C2CCN(CC(C)C)CC2)c(N)c1Br. The maximum atomic E-state index is 6.09. The molecule has 2 rings (SSSR count). The number of nitrogens with two attached hydrogens (primary N) is 1. The minimum atomic E-state index is 0.457. The van der Waals surface area contributed by atoms with Gasteiger partial charge < -0.3 is 10.6 Å². The molecule has 0 spiro atoms. The molecule has 18 heavy (non-hydrogen) atoms. The Morgan fingerprint density at radius 2 is 2.00 bits per heavy atom. The quantitative estimate of drug-likeness (QED) is 0.933. The fourth-order valence-electron chi connectivity index (χ4n) is 2.69. The summed E-state index contributed by atoms with van der Waals surface area (Å²) >= 11 is 3.49. The molecular formula is C13H23BrN4. The van der Waals surface area contributed by atoms with Crippen molar-refractivity contribution in [2.45, 2.75) is 39.7 Å². The second kappa shape index (κ2) is 5.61. The average Bonchev–Trinajstić information content (AvgIpc) is 2.57. The number of nitrogen functional groups attached to an aromatic ring is 1. The summed E-state index contributed by atoms with van der Waals surface area (Å²) in [7, 11) is 0. The number of rotatable bonds is 3. The maximum absolute atomic E-state index is 6.09. The van der Waals surface area contributed by atoms with Crippen molar-refractivity contribution in [2.75, 3.05) is 25.4 Å². The molecule has 5 heteroatoms. The number of piperidine rings is 1. The Morgan fingerprint density at radius 3 is 2.44 bits per heavy atom. The van der Waals surface area contributed by atoms with Gasteiger partial charge in [-0.05, 0) is 41.6 Å². The van der Waals surface area contributed by atoms with E-state index in [0.717, 1.165) is 47.8 Å². The lowest BCUT2D eigenvalue weighted by Crippen LogP contribution is -2.37. The van der Waals surface area contributed by atoms with Crippen LogP contribution in [-0.2, 0) is 0 Å². The van der Waals surface area contributed by atoms with Crippen LogP contribution in [-0.4, -0.2) is 34.3 Å². The van der Waals surface area contributed by atoms with E-state index in [1.165, 1.54) is 6.54 Å². The summed E-state index contributed by atoms with van der Waals surface area (Å²) in [5, 5.41) is 4.55. The molecule has 1 aliphatic heterocycles. The molecule has 102 valence electrons. The third-order valence-electron chi connectivity index (χ3n) is 3.57. The Kier molecular flexibility index (Phi) is 4.33. The predicted molar refractivity (Wildman–Crippen MR) is 78.6 cm³/mol. The van der Waals surface area contributed by atoms with Gasteiger partial charge in [0.15, 0.2) is 0 Å². The molecule has 0 radical (unpaired) electrons. The van der Waals surface area contributed by atoms with E-state index in [1.807, 2.05) is 11.6 Å². The van der Waals surface area contributed by atoms with Crippen molar-refractivity contribution in [3.8, 4) is 0 Å². The van der Waals surface area contributed by atoms with E-state index in [9.17, 15) is 0 Å². The van der Waals surface area contributed by atoms with Crippen molar-refractivity contribution in [2.24, 2.45) is 5.92 Å². The highest BCUT2D eigenvalue weighted by atomic mass is 79.9. The highest BCUT2D eigenvalue weighted by Crippen LogP contribution is 2.30. The topological polar surface area (TPSA) is 47.1 Å². The minimum Gasteiger partial charge on any atom is -0.383 e. The molecule has 0 saturated carbocycles. The van der Waals surface area contributed by atoms with Crippen LogP contribution in [0.15, 0.2) is 4.47 Å². The highest BCUT2D eigenvalue weighted by molar-refractivity contribution is 9.10. The molecule has 1 aliphatic rings. The number of hydrogen-bond acceptors (Lipinski definition) is 3. The minimum absolute atomic E-state index is 0.457. The predicted octanol–water partition coefficient (Wildman–Crippen LogP) is 2.83. The standard InChI is InChI=1S/C13H23BrN4/c1-9(2)8-17-6-4-11(5-7-17)18-13(15)12(14)10(3)16-18/h9,11H,4-8,15H2,1-3H3. The lowest BCUT2D eigenvalue weighted by molar-refractivity contribution is 0.165. The Hall–Kier alpha value is -0.550. The van der Waals surface area contributed by atoms with E-state index < -0.39 is 0 Å². The van der Waals surface area contributed by atoms with E-state index in [2.05, 4.69) is 39.8 Å². The van der Waals surface area contributed by atoms with Crippen molar-refractivity contribution in [1.29, 1.82) is 0 Å². The molecule has 0 unspecified atom stereocenters. The van der Waals surface area contributed by atoms with Crippen molar-refractivity contribution in [3.05, 3.63) is 10.2 Å². The summed E-state index contributed by atoms with van der Waals surface area (Å²) in [6.07, 6.45) is 2.29. The molecule has 1 aromatic heterocycles. The summed E-state index contributed by atoms with van der Waals surface area (Å²) in [5.74, 6) is 1.52. The fraction of sp³-hybridized carbons (Fsp3) is 0.769. The van der Waals surface area contributed by atoms with Gasteiger partial charge in [-0.2, -0.15) is 5.10 Å². The monoisotopic (exact) mass is 314 g/mol. The van der Waals surface area contributed by atoms with Crippen molar-refractivity contribution in [3.63, 3.8) is 0 Å². The van der Waals surface area contributed by atoms with Gasteiger partial charge in [-0.25, -0.2) is 4.68 Å². The van der Waals surface area contributed by atoms with E-state index in [4.69, 9.17) is 5.73 Å². The first-order valence-corrected chi connectivity index (χ1v) is 7.50. The number of nitrogens with zero attached hydrogens (tertiary/aromatic N) is 3. The van der Waals surface area contributed by atoms with Gasteiger partial charge in [0.25, 0.3) is 0 Å². The van der Waals surface area contributed by atoms with Gasteiger partial charge in [0.2, 0.25) is 0 Å². The first-order chi connectivity index (χ1) is 8.49. The first-order valence-electron chi connectivity index (χ1n) is 6.71. The van der Waals surface area contributed by atoms with Crippen molar-refractivity contribution in [1.82, 2.24) is 14.7 Å². The van der Waals surface area contributed by atoms with Crippen molar-refractivity contribution < 1.29 is 0 Å².